The molecule has 0 atom stereocenters. The summed E-state index contributed by atoms with van der Waals surface area (Å²) in [5.41, 5.74) is 4.69. The maximum absolute atomic E-state index is 11.7. The smallest absolute Gasteiger partial charge is 0.204 e. The van der Waals surface area contributed by atoms with E-state index < -0.39 is 0 Å². The summed E-state index contributed by atoms with van der Waals surface area (Å²) in [7, 11) is 0. The van der Waals surface area contributed by atoms with Gasteiger partial charge in [-0.2, -0.15) is 5.10 Å². The van der Waals surface area contributed by atoms with Crippen LogP contribution in [-0.2, 0) is 5.33 Å². The molecule has 0 amide bonds. The molecule has 0 fully saturated rings. The summed E-state index contributed by atoms with van der Waals surface area (Å²) in [6, 6.07) is 7.85. The fourth-order valence-electron chi connectivity index (χ4n) is 1.87. The molecule has 1 aromatic carbocycles. The first-order valence-corrected chi connectivity index (χ1v) is 6.88. The molecule has 1 aromatic heterocycles. The first kappa shape index (κ1) is 13.0. The highest BCUT2D eigenvalue weighted by molar-refractivity contribution is 9.08. The first-order valence-electron chi connectivity index (χ1n) is 5.76. The number of halogens is 1. The fourth-order valence-corrected chi connectivity index (χ4v) is 2.26. The van der Waals surface area contributed by atoms with Gasteiger partial charge in [0.05, 0.1) is 11.0 Å². The minimum Gasteiger partial charge on any atom is -0.288 e. The minimum atomic E-state index is -0.0223. The fraction of sp³-hybridized carbons (Fsp3) is 0.286. The highest BCUT2D eigenvalue weighted by Crippen LogP contribution is 2.16. The number of alkyl halides is 1. The van der Waals surface area contributed by atoms with Crippen molar-refractivity contribution in [3.63, 3.8) is 0 Å². The Hall–Kier alpha value is -1.42. The van der Waals surface area contributed by atoms with Crippen LogP contribution in [0.25, 0.3) is 5.69 Å². The molecule has 0 aliphatic carbocycles. The Bertz CT molecular complexity index is 647. The molecule has 18 heavy (non-hydrogen) atoms. The predicted octanol–water partition coefficient (Wildman–Crippen LogP) is 3.05. The van der Waals surface area contributed by atoms with Crippen molar-refractivity contribution < 1.29 is 0 Å². The van der Waals surface area contributed by atoms with Gasteiger partial charge in [0.15, 0.2) is 0 Å². The third kappa shape index (κ3) is 2.38. The number of hydrogen-bond donors (Lipinski definition) is 0. The molecule has 0 bridgehead atoms. The van der Waals surface area contributed by atoms with Crippen LogP contribution in [0.2, 0.25) is 0 Å². The van der Waals surface area contributed by atoms with Gasteiger partial charge in [0, 0.05) is 11.8 Å². The monoisotopic (exact) mass is 306 g/mol. The lowest BCUT2D eigenvalue weighted by molar-refractivity contribution is 0.769. The Kier molecular flexibility index (Phi) is 3.66. The van der Waals surface area contributed by atoms with Crippen LogP contribution in [0.1, 0.15) is 22.5 Å². The van der Waals surface area contributed by atoms with Crippen molar-refractivity contribution in [2.75, 3.05) is 0 Å². The normalized spacial score (nSPS) is 10.7. The van der Waals surface area contributed by atoms with E-state index in [1.807, 2.05) is 25.5 Å². The summed E-state index contributed by atoms with van der Waals surface area (Å²) in [6.07, 6.45) is 0. The zero-order valence-electron chi connectivity index (χ0n) is 10.7. The Morgan fingerprint density at radius 3 is 2.61 bits per heavy atom. The number of aromatic nitrogens is 2. The lowest BCUT2D eigenvalue weighted by Gasteiger charge is -2.13. The molecule has 0 N–H and O–H groups in total. The topological polar surface area (TPSA) is 34.9 Å². The second kappa shape index (κ2) is 5.06. The van der Waals surface area contributed by atoms with Gasteiger partial charge in [-0.3, -0.25) is 4.79 Å². The van der Waals surface area contributed by atoms with E-state index in [0.29, 0.717) is 11.0 Å². The molecule has 4 heteroatoms. The Morgan fingerprint density at radius 1 is 1.22 bits per heavy atom. The number of aryl methyl sites for hydroxylation is 3. The molecule has 94 valence electrons. The summed E-state index contributed by atoms with van der Waals surface area (Å²) in [6.45, 7) is 5.99. The maximum atomic E-state index is 11.7. The van der Waals surface area contributed by atoms with E-state index in [1.165, 1.54) is 5.56 Å². The molecule has 0 aliphatic heterocycles. The molecule has 0 radical (unpaired) electrons. The minimum absolute atomic E-state index is 0.0223. The van der Waals surface area contributed by atoms with Crippen LogP contribution in [0.5, 0.6) is 0 Å². The van der Waals surface area contributed by atoms with Crippen LogP contribution in [0.15, 0.2) is 29.1 Å². The van der Waals surface area contributed by atoms with Gasteiger partial charge in [-0.15, -0.1) is 0 Å². The van der Waals surface area contributed by atoms with E-state index in [0.717, 1.165) is 16.9 Å². The summed E-state index contributed by atoms with van der Waals surface area (Å²) >= 11 is 3.30. The van der Waals surface area contributed by atoms with Crippen LogP contribution in [0.3, 0.4) is 0 Å². The highest BCUT2D eigenvalue weighted by Gasteiger charge is 2.08. The van der Waals surface area contributed by atoms with Crippen molar-refractivity contribution in [1.29, 1.82) is 0 Å². The summed E-state index contributed by atoms with van der Waals surface area (Å²) in [5.74, 6) is 0. The molecule has 0 saturated carbocycles. The standard InChI is InChI=1S/C14H15BrN2O/c1-9-4-5-10(2)13(6-9)17-11(3)7-14(18)12(8-15)16-17/h4-7H,8H2,1-3H3. The summed E-state index contributed by atoms with van der Waals surface area (Å²) in [4.78, 5) is 11.7. The highest BCUT2D eigenvalue weighted by atomic mass is 79.9. The van der Waals surface area contributed by atoms with Gasteiger partial charge in [-0.25, -0.2) is 4.68 Å². The van der Waals surface area contributed by atoms with Gasteiger partial charge in [0.2, 0.25) is 5.43 Å². The predicted molar refractivity (Wildman–Crippen MR) is 76.7 cm³/mol. The second-order valence-corrected chi connectivity index (χ2v) is 4.99. The van der Waals surface area contributed by atoms with Crippen molar-refractivity contribution in [3.05, 3.63) is 57.0 Å². The Morgan fingerprint density at radius 2 is 1.94 bits per heavy atom. The molecule has 0 aliphatic rings. The van der Waals surface area contributed by atoms with Gasteiger partial charge >= 0.3 is 0 Å². The van der Waals surface area contributed by atoms with Gasteiger partial charge in [0.1, 0.15) is 5.69 Å². The Balaban J connectivity index is 2.70. The maximum Gasteiger partial charge on any atom is 0.204 e. The van der Waals surface area contributed by atoms with E-state index in [-0.39, 0.29) is 5.43 Å². The largest absolute Gasteiger partial charge is 0.288 e. The van der Waals surface area contributed by atoms with Crippen LogP contribution in [-0.4, -0.2) is 9.78 Å². The average molecular weight is 307 g/mol. The average Bonchev–Trinajstić information content (AvgIpc) is 2.33. The van der Waals surface area contributed by atoms with Gasteiger partial charge in [0.25, 0.3) is 0 Å². The van der Waals surface area contributed by atoms with Crippen LogP contribution < -0.4 is 5.43 Å². The quantitative estimate of drug-likeness (QED) is 0.799. The molecular formula is C14H15BrN2O. The van der Waals surface area contributed by atoms with E-state index in [4.69, 9.17) is 0 Å². The van der Waals surface area contributed by atoms with Crippen molar-refractivity contribution in [2.24, 2.45) is 0 Å². The Labute approximate surface area is 115 Å². The number of rotatable bonds is 2. The van der Waals surface area contributed by atoms with Gasteiger partial charge in [-0.1, -0.05) is 28.1 Å². The molecular weight excluding hydrogens is 292 g/mol. The van der Waals surface area contributed by atoms with Crippen LogP contribution >= 0.6 is 15.9 Å². The SMILES string of the molecule is Cc1ccc(C)c(-n2nc(CBr)c(=O)cc2C)c1. The van der Waals surface area contributed by atoms with E-state index >= 15 is 0 Å². The molecule has 0 unspecified atom stereocenters. The van der Waals surface area contributed by atoms with Gasteiger partial charge in [-0.05, 0) is 38.0 Å². The van der Waals surface area contributed by atoms with E-state index in [2.05, 4.69) is 39.2 Å². The number of hydrogen-bond acceptors (Lipinski definition) is 2. The van der Waals surface area contributed by atoms with E-state index in [1.54, 1.807) is 6.07 Å². The molecule has 3 nitrogen and oxygen atoms in total. The molecule has 2 aromatic rings. The molecule has 0 spiro atoms. The second-order valence-electron chi connectivity index (χ2n) is 4.43. The number of benzene rings is 1. The lowest BCUT2D eigenvalue weighted by atomic mass is 10.1. The van der Waals surface area contributed by atoms with Crippen molar-refractivity contribution >= 4 is 15.9 Å². The molecule has 1 heterocycles. The van der Waals surface area contributed by atoms with E-state index in [9.17, 15) is 4.79 Å². The molecule has 0 saturated heterocycles. The third-order valence-corrected chi connectivity index (χ3v) is 3.43. The molecule has 2 rings (SSSR count). The van der Waals surface area contributed by atoms with Crippen molar-refractivity contribution in [3.8, 4) is 5.69 Å². The van der Waals surface area contributed by atoms with Crippen LogP contribution in [0, 0.1) is 20.8 Å². The van der Waals surface area contributed by atoms with Crippen LogP contribution in [0.4, 0.5) is 0 Å². The zero-order valence-corrected chi connectivity index (χ0v) is 12.3. The van der Waals surface area contributed by atoms with Crippen molar-refractivity contribution in [2.45, 2.75) is 26.1 Å². The summed E-state index contributed by atoms with van der Waals surface area (Å²) in [5, 5.41) is 4.89. The summed E-state index contributed by atoms with van der Waals surface area (Å²) < 4.78 is 1.83. The zero-order chi connectivity index (χ0) is 13.3. The van der Waals surface area contributed by atoms with Gasteiger partial charge < -0.3 is 0 Å². The number of nitrogens with zero attached hydrogens (tertiary/aromatic N) is 2. The lowest BCUT2D eigenvalue weighted by Crippen LogP contribution is -2.18. The first-order chi connectivity index (χ1) is 8.52. The van der Waals surface area contributed by atoms with Crippen molar-refractivity contribution in [1.82, 2.24) is 9.78 Å². The third-order valence-electron chi connectivity index (χ3n) is 2.90.